The molecule has 1 aromatic heterocycles. The Balaban J connectivity index is 2.06. The number of hydrogen-bond donors (Lipinski definition) is 2. The van der Waals surface area contributed by atoms with Crippen molar-refractivity contribution in [2.45, 2.75) is 19.5 Å². The monoisotopic (exact) mass is 428 g/mol. The highest BCUT2D eigenvalue weighted by Crippen LogP contribution is 2.26. The van der Waals surface area contributed by atoms with Crippen molar-refractivity contribution >= 4 is 17.9 Å². The Morgan fingerprint density at radius 3 is 2.61 bits per heavy atom. The van der Waals surface area contributed by atoms with Gasteiger partial charge >= 0.3 is 12.0 Å². The third kappa shape index (κ3) is 4.23. The third-order valence-corrected chi connectivity index (χ3v) is 4.88. The number of nitriles is 1. The molecule has 0 aliphatic carbocycles. The molecule has 0 bridgehead atoms. The topological polar surface area (TPSA) is 144 Å². The van der Waals surface area contributed by atoms with Crippen LogP contribution in [0.25, 0.3) is 0 Å². The predicted octanol–water partition coefficient (Wildman–Crippen LogP) is 0.634. The van der Waals surface area contributed by atoms with Crippen molar-refractivity contribution in [3.05, 3.63) is 62.8 Å². The molecule has 0 unspecified atom stereocenters. The van der Waals surface area contributed by atoms with Gasteiger partial charge in [0.2, 0.25) is 5.91 Å². The van der Waals surface area contributed by atoms with Crippen LogP contribution < -0.4 is 5.56 Å². The molecule has 0 fully saturated rings. The summed E-state index contributed by atoms with van der Waals surface area (Å²) in [5.74, 6) is -2.97. The van der Waals surface area contributed by atoms with Crippen LogP contribution in [0.3, 0.4) is 0 Å². The SMILES string of the molecule is CN1Cc2c(c(O)cc(=O)n2C(=O)N(CC(=O)O)Cc2ccc(C#N)cc2F)CC1=O. The number of carbonyl (C=O) groups excluding carboxylic acids is 2. The first-order valence-corrected chi connectivity index (χ1v) is 9.02. The summed E-state index contributed by atoms with van der Waals surface area (Å²) in [6, 6.07) is 5.01. The first kappa shape index (κ1) is 21.5. The molecule has 1 aliphatic heterocycles. The van der Waals surface area contributed by atoms with Gasteiger partial charge in [0, 0.05) is 24.2 Å². The van der Waals surface area contributed by atoms with Gasteiger partial charge in [-0.3, -0.25) is 14.4 Å². The average Bonchev–Trinajstić information content (AvgIpc) is 2.70. The largest absolute Gasteiger partial charge is 0.507 e. The van der Waals surface area contributed by atoms with E-state index in [1.165, 1.54) is 24.1 Å². The minimum atomic E-state index is -1.39. The molecular weight excluding hydrogens is 411 g/mol. The maximum absolute atomic E-state index is 14.3. The Labute approximate surface area is 175 Å². The molecule has 1 aliphatic rings. The van der Waals surface area contributed by atoms with E-state index < -0.39 is 42.2 Å². The van der Waals surface area contributed by atoms with Crippen LogP contribution in [0.2, 0.25) is 0 Å². The maximum atomic E-state index is 14.3. The molecule has 0 saturated heterocycles. The zero-order chi connectivity index (χ0) is 22.9. The zero-order valence-electron chi connectivity index (χ0n) is 16.3. The number of carboxylic acids is 1. The van der Waals surface area contributed by atoms with Crippen LogP contribution in [0.4, 0.5) is 9.18 Å². The van der Waals surface area contributed by atoms with Gasteiger partial charge in [0.1, 0.15) is 18.1 Å². The van der Waals surface area contributed by atoms with Gasteiger partial charge in [-0.2, -0.15) is 5.26 Å². The summed E-state index contributed by atoms with van der Waals surface area (Å²) < 4.78 is 15.0. The van der Waals surface area contributed by atoms with Gasteiger partial charge in [0.15, 0.2) is 0 Å². The first-order valence-electron chi connectivity index (χ1n) is 9.02. The van der Waals surface area contributed by atoms with Crippen LogP contribution in [0.5, 0.6) is 5.75 Å². The average molecular weight is 428 g/mol. The molecule has 3 rings (SSSR count). The molecule has 2 N–H and O–H groups in total. The van der Waals surface area contributed by atoms with Gasteiger partial charge in [0.05, 0.1) is 36.8 Å². The van der Waals surface area contributed by atoms with Crippen molar-refractivity contribution in [2.75, 3.05) is 13.6 Å². The smallest absolute Gasteiger partial charge is 0.332 e. The van der Waals surface area contributed by atoms with Crippen molar-refractivity contribution in [1.82, 2.24) is 14.4 Å². The van der Waals surface area contributed by atoms with Crippen LogP contribution in [-0.2, 0) is 29.1 Å². The molecule has 2 amide bonds. The summed E-state index contributed by atoms with van der Waals surface area (Å²) >= 11 is 0. The van der Waals surface area contributed by atoms with Gasteiger partial charge in [-0.25, -0.2) is 13.8 Å². The molecule has 0 saturated carbocycles. The summed E-state index contributed by atoms with van der Waals surface area (Å²) in [5, 5.41) is 28.2. The predicted molar refractivity (Wildman–Crippen MR) is 102 cm³/mol. The van der Waals surface area contributed by atoms with E-state index in [2.05, 4.69) is 0 Å². The summed E-state index contributed by atoms with van der Waals surface area (Å²) in [6.45, 7) is -1.48. The Morgan fingerprint density at radius 2 is 2.00 bits per heavy atom. The van der Waals surface area contributed by atoms with Gasteiger partial charge in [0.25, 0.3) is 5.56 Å². The second-order valence-electron chi connectivity index (χ2n) is 7.01. The van der Waals surface area contributed by atoms with E-state index in [9.17, 15) is 33.8 Å². The third-order valence-electron chi connectivity index (χ3n) is 4.88. The molecule has 2 heterocycles. The van der Waals surface area contributed by atoms with Crippen LogP contribution >= 0.6 is 0 Å². The van der Waals surface area contributed by atoms with E-state index in [0.29, 0.717) is 4.57 Å². The number of likely N-dealkylation sites (N-methyl/N-ethyl adjacent to an activating group) is 1. The highest BCUT2D eigenvalue weighted by molar-refractivity contribution is 5.85. The molecule has 160 valence electrons. The molecule has 0 spiro atoms. The van der Waals surface area contributed by atoms with Crippen molar-refractivity contribution < 1.29 is 29.0 Å². The maximum Gasteiger partial charge on any atom is 0.332 e. The molecule has 0 atom stereocenters. The number of aromatic hydroxyl groups is 1. The molecule has 11 heteroatoms. The highest BCUT2D eigenvalue weighted by atomic mass is 19.1. The molecule has 1 aromatic carbocycles. The summed E-state index contributed by atoms with van der Waals surface area (Å²) in [6.07, 6.45) is -0.242. The summed E-state index contributed by atoms with van der Waals surface area (Å²) in [5.41, 5.74) is -0.779. The number of amides is 2. The fourth-order valence-electron chi connectivity index (χ4n) is 3.30. The Kier molecular flexibility index (Phi) is 5.74. The van der Waals surface area contributed by atoms with Crippen LogP contribution in [0.1, 0.15) is 22.4 Å². The summed E-state index contributed by atoms with van der Waals surface area (Å²) in [4.78, 5) is 51.0. The number of benzene rings is 1. The lowest BCUT2D eigenvalue weighted by atomic mass is 10.0. The number of aromatic nitrogens is 1. The lowest BCUT2D eigenvalue weighted by Crippen LogP contribution is -2.46. The fraction of sp³-hybridized carbons (Fsp3) is 0.250. The first-order chi connectivity index (χ1) is 14.6. The van der Waals surface area contributed by atoms with Gasteiger partial charge < -0.3 is 20.0 Å². The van der Waals surface area contributed by atoms with Crippen LogP contribution in [0, 0.1) is 17.1 Å². The quantitative estimate of drug-likeness (QED) is 0.727. The minimum absolute atomic E-state index is 0.0489. The van der Waals surface area contributed by atoms with Gasteiger partial charge in [-0.1, -0.05) is 6.07 Å². The normalized spacial score (nSPS) is 12.8. The van der Waals surface area contributed by atoms with E-state index >= 15 is 0 Å². The van der Waals surface area contributed by atoms with E-state index in [1.54, 1.807) is 6.07 Å². The number of hydrogen-bond acceptors (Lipinski definition) is 6. The number of fused-ring (bicyclic) bond motifs is 1. The lowest BCUT2D eigenvalue weighted by molar-refractivity contribution is -0.137. The van der Waals surface area contributed by atoms with Crippen LogP contribution in [-0.4, -0.2) is 56.1 Å². The molecule has 31 heavy (non-hydrogen) atoms. The second kappa shape index (κ2) is 8.27. The highest BCUT2D eigenvalue weighted by Gasteiger charge is 2.31. The summed E-state index contributed by atoms with van der Waals surface area (Å²) in [7, 11) is 1.45. The number of halogens is 1. The van der Waals surface area contributed by atoms with E-state index in [1.807, 2.05) is 0 Å². The van der Waals surface area contributed by atoms with Crippen molar-refractivity contribution in [3.8, 4) is 11.8 Å². The number of pyridine rings is 1. The van der Waals surface area contributed by atoms with Crippen LogP contribution in [0.15, 0.2) is 29.1 Å². The van der Waals surface area contributed by atoms with Crippen molar-refractivity contribution in [2.24, 2.45) is 0 Å². The standard InChI is InChI=1S/C20H17FN4O6/c1-23-9-15-13(5-17(23)27)16(26)6-18(28)25(15)20(31)24(10-19(29)30)8-12-3-2-11(7-22)4-14(12)21/h2-4,6,26H,5,8-10H2,1H3,(H,29,30). The molecule has 0 radical (unpaired) electrons. The number of nitrogens with zero attached hydrogens (tertiary/aromatic N) is 4. The molecule has 2 aromatic rings. The fourth-order valence-corrected chi connectivity index (χ4v) is 3.30. The van der Waals surface area contributed by atoms with Crippen molar-refractivity contribution in [1.29, 1.82) is 5.26 Å². The minimum Gasteiger partial charge on any atom is -0.507 e. The Hall–Kier alpha value is -4.20. The Bertz CT molecular complexity index is 1200. The van der Waals surface area contributed by atoms with E-state index in [4.69, 9.17) is 5.26 Å². The van der Waals surface area contributed by atoms with E-state index in [-0.39, 0.29) is 41.3 Å². The number of carbonyl (C=O) groups is 3. The molecular formula is C20H17FN4O6. The van der Waals surface area contributed by atoms with Crippen molar-refractivity contribution in [3.63, 3.8) is 0 Å². The Morgan fingerprint density at radius 1 is 1.29 bits per heavy atom. The van der Waals surface area contributed by atoms with Gasteiger partial charge in [-0.15, -0.1) is 0 Å². The number of carboxylic acid groups (broad SMARTS) is 1. The number of aliphatic carboxylic acids is 1. The molecule has 10 nitrogen and oxygen atoms in total. The van der Waals surface area contributed by atoms with Gasteiger partial charge in [-0.05, 0) is 12.1 Å². The lowest BCUT2D eigenvalue weighted by Gasteiger charge is -2.29. The number of rotatable bonds is 4. The second-order valence-corrected chi connectivity index (χ2v) is 7.01. The van der Waals surface area contributed by atoms with E-state index in [0.717, 1.165) is 17.0 Å². The zero-order valence-corrected chi connectivity index (χ0v) is 16.3.